The summed E-state index contributed by atoms with van der Waals surface area (Å²) in [6.07, 6.45) is 7.45. The van der Waals surface area contributed by atoms with E-state index in [4.69, 9.17) is 9.47 Å². The number of hydrogen-bond acceptors (Lipinski definition) is 3. The van der Waals surface area contributed by atoms with E-state index in [1.807, 2.05) is 18.2 Å². The van der Waals surface area contributed by atoms with Crippen molar-refractivity contribution in [1.29, 1.82) is 0 Å². The van der Waals surface area contributed by atoms with Crippen molar-refractivity contribution in [2.24, 2.45) is 0 Å². The number of rotatable bonds is 11. The molecule has 4 rings (SSSR count). The molecule has 4 heteroatoms. The lowest BCUT2D eigenvalue weighted by molar-refractivity contribution is 0.105. The molecule has 2 heterocycles. The topological polar surface area (TPSA) is 26.6 Å². The van der Waals surface area contributed by atoms with Crippen molar-refractivity contribution in [1.82, 2.24) is 9.47 Å². The highest BCUT2D eigenvalue weighted by molar-refractivity contribution is 5.62. The Balaban J connectivity index is 1.27. The average molecular weight is 433 g/mol. The monoisotopic (exact) mass is 432 g/mol. The number of benzene rings is 2. The molecule has 0 amide bonds. The second-order valence-electron chi connectivity index (χ2n) is 8.63. The first kappa shape index (κ1) is 22.6. The molecule has 0 spiro atoms. The molecule has 0 atom stereocenters. The third-order valence-corrected chi connectivity index (χ3v) is 6.17. The van der Waals surface area contributed by atoms with E-state index >= 15 is 0 Å². The molecule has 170 valence electrons. The van der Waals surface area contributed by atoms with Gasteiger partial charge in [-0.2, -0.15) is 0 Å². The summed E-state index contributed by atoms with van der Waals surface area (Å²) < 4.78 is 14.2. The molecule has 32 heavy (non-hydrogen) atoms. The van der Waals surface area contributed by atoms with Gasteiger partial charge in [-0.25, -0.2) is 0 Å². The summed E-state index contributed by atoms with van der Waals surface area (Å²) in [4.78, 5) is 2.58. The molecule has 1 aliphatic heterocycles. The number of piperidine rings is 1. The minimum Gasteiger partial charge on any atom is -0.489 e. The van der Waals surface area contributed by atoms with Crippen molar-refractivity contribution in [3.63, 3.8) is 0 Å². The second-order valence-corrected chi connectivity index (χ2v) is 8.63. The number of ether oxygens (including phenoxy) is 2. The highest BCUT2D eigenvalue weighted by atomic mass is 16.5. The molecule has 4 nitrogen and oxygen atoms in total. The SMILES string of the molecule is CCn1cc(COCCCN2CCCCC2)cc1-c1ccc(OCc2ccccc2)cc1. The summed E-state index contributed by atoms with van der Waals surface area (Å²) >= 11 is 0. The standard InChI is InChI=1S/C28H36N2O2/c1-2-30-21-25(22-31-19-9-18-29-16-7-4-8-17-29)20-28(30)26-12-14-27(15-13-26)32-23-24-10-5-3-6-11-24/h3,5-6,10-15,20-21H,2,4,7-9,16-19,22-23H2,1H3. The molecule has 1 saturated heterocycles. The Morgan fingerprint density at radius 3 is 2.38 bits per heavy atom. The largest absolute Gasteiger partial charge is 0.489 e. The van der Waals surface area contributed by atoms with Crippen molar-refractivity contribution in [2.75, 3.05) is 26.2 Å². The maximum absolute atomic E-state index is 5.99. The van der Waals surface area contributed by atoms with Crippen LogP contribution in [-0.2, 0) is 24.5 Å². The highest BCUT2D eigenvalue weighted by Crippen LogP contribution is 2.26. The van der Waals surface area contributed by atoms with Gasteiger partial charge in [-0.1, -0.05) is 36.8 Å². The summed E-state index contributed by atoms with van der Waals surface area (Å²) in [7, 11) is 0. The van der Waals surface area contributed by atoms with E-state index in [2.05, 4.69) is 65.1 Å². The minimum absolute atomic E-state index is 0.588. The van der Waals surface area contributed by atoms with Crippen molar-refractivity contribution < 1.29 is 9.47 Å². The zero-order valence-corrected chi connectivity index (χ0v) is 19.3. The quantitative estimate of drug-likeness (QED) is 0.340. The summed E-state index contributed by atoms with van der Waals surface area (Å²) in [6.45, 7) is 8.91. The molecular formula is C28H36N2O2. The fourth-order valence-corrected chi connectivity index (χ4v) is 4.38. The second kappa shape index (κ2) is 11.9. The maximum atomic E-state index is 5.99. The Morgan fingerprint density at radius 1 is 0.844 bits per heavy atom. The van der Waals surface area contributed by atoms with E-state index in [0.717, 1.165) is 25.3 Å². The predicted molar refractivity (Wildman–Crippen MR) is 131 cm³/mol. The lowest BCUT2D eigenvalue weighted by Crippen LogP contribution is -2.31. The van der Waals surface area contributed by atoms with Gasteiger partial charge < -0.3 is 18.9 Å². The number of likely N-dealkylation sites (tertiary alicyclic amines) is 1. The Bertz CT molecular complexity index is 928. The van der Waals surface area contributed by atoms with Crippen LogP contribution in [0.25, 0.3) is 11.3 Å². The molecule has 0 bridgehead atoms. The first-order chi connectivity index (χ1) is 15.8. The van der Waals surface area contributed by atoms with Crippen LogP contribution in [0.15, 0.2) is 66.9 Å². The van der Waals surface area contributed by atoms with Crippen molar-refractivity contribution in [2.45, 2.75) is 52.4 Å². The van der Waals surface area contributed by atoms with Crippen LogP contribution in [0, 0.1) is 0 Å². The van der Waals surface area contributed by atoms with Gasteiger partial charge in [-0.3, -0.25) is 0 Å². The van der Waals surface area contributed by atoms with Gasteiger partial charge in [0.1, 0.15) is 12.4 Å². The smallest absolute Gasteiger partial charge is 0.119 e. The van der Waals surface area contributed by atoms with Crippen LogP contribution in [0.2, 0.25) is 0 Å². The Kier molecular flexibility index (Phi) is 8.41. The Labute approximate surface area is 192 Å². The van der Waals surface area contributed by atoms with Crippen LogP contribution in [-0.4, -0.2) is 35.7 Å². The number of aryl methyl sites for hydroxylation is 1. The van der Waals surface area contributed by atoms with Crippen LogP contribution in [0.3, 0.4) is 0 Å². The molecule has 1 aromatic heterocycles. The lowest BCUT2D eigenvalue weighted by atomic mass is 10.1. The molecule has 0 radical (unpaired) electrons. The molecular weight excluding hydrogens is 396 g/mol. The Hall–Kier alpha value is -2.56. The first-order valence-electron chi connectivity index (χ1n) is 12.1. The molecule has 1 aliphatic rings. The van der Waals surface area contributed by atoms with E-state index in [1.165, 1.54) is 61.3 Å². The summed E-state index contributed by atoms with van der Waals surface area (Å²) in [5.41, 5.74) is 4.85. The van der Waals surface area contributed by atoms with Crippen LogP contribution in [0.4, 0.5) is 0 Å². The molecule has 0 N–H and O–H groups in total. The van der Waals surface area contributed by atoms with Gasteiger partial charge in [-0.15, -0.1) is 0 Å². The van der Waals surface area contributed by atoms with Gasteiger partial charge in [0.15, 0.2) is 0 Å². The fourth-order valence-electron chi connectivity index (χ4n) is 4.38. The molecule has 0 unspecified atom stereocenters. The molecule has 3 aromatic rings. The summed E-state index contributed by atoms with van der Waals surface area (Å²) in [5.74, 6) is 0.893. The number of nitrogens with zero attached hydrogens (tertiary/aromatic N) is 2. The van der Waals surface area contributed by atoms with Gasteiger partial charge in [-0.05, 0) is 86.3 Å². The first-order valence-corrected chi connectivity index (χ1v) is 12.1. The number of hydrogen-bond donors (Lipinski definition) is 0. The van der Waals surface area contributed by atoms with Crippen LogP contribution in [0.1, 0.15) is 43.7 Å². The van der Waals surface area contributed by atoms with Crippen molar-refractivity contribution in [3.8, 4) is 17.0 Å². The van der Waals surface area contributed by atoms with Gasteiger partial charge in [0.25, 0.3) is 0 Å². The predicted octanol–water partition coefficient (Wildman–Crippen LogP) is 6.15. The average Bonchev–Trinajstić information content (AvgIpc) is 3.27. The lowest BCUT2D eigenvalue weighted by Gasteiger charge is -2.26. The van der Waals surface area contributed by atoms with Gasteiger partial charge in [0, 0.05) is 31.6 Å². The molecule has 0 saturated carbocycles. The van der Waals surface area contributed by atoms with Crippen LogP contribution >= 0.6 is 0 Å². The molecule has 2 aromatic carbocycles. The van der Waals surface area contributed by atoms with Crippen LogP contribution in [0.5, 0.6) is 5.75 Å². The maximum Gasteiger partial charge on any atom is 0.119 e. The third kappa shape index (κ3) is 6.47. The van der Waals surface area contributed by atoms with E-state index in [1.54, 1.807) is 0 Å². The Morgan fingerprint density at radius 2 is 1.62 bits per heavy atom. The minimum atomic E-state index is 0.588. The highest BCUT2D eigenvalue weighted by Gasteiger charge is 2.10. The van der Waals surface area contributed by atoms with E-state index in [9.17, 15) is 0 Å². The van der Waals surface area contributed by atoms with Gasteiger partial charge in [0.05, 0.1) is 6.61 Å². The molecule has 0 aliphatic carbocycles. The van der Waals surface area contributed by atoms with Crippen molar-refractivity contribution >= 4 is 0 Å². The van der Waals surface area contributed by atoms with E-state index < -0.39 is 0 Å². The van der Waals surface area contributed by atoms with Gasteiger partial charge in [0.2, 0.25) is 0 Å². The fraction of sp³-hybridized carbons (Fsp3) is 0.429. The normalized spacial score (nSPS) is 14.5. The third-order valence-electron chi connectivity index (χ3n) is 6.17. The van der Waals surface area contributed by atoms with E-state index in [-0.39, 0.29) is 0 Å². The van der Waals surface area contributed by atoms with Gasteiger partial charge >= 0.3 is 0 Å². The zero-order valence-electron chi connectivity index (χ0n) is 19.3. The van der Waals surface area contributed by atoms with E-state index in [0.29, 0.717) is 13.2 Å². The summed E-state index contributed by atoms with van der Waals surface area (Å²) in [6, 6.07) is 20.9. The zero-order chi connectivity index (χ0) is 22.0. The van der Waals surface area contributed by atoms with Crippen molar-refractivity contribution in [3.05, 3.63) is 78.0 Å². The number of aromatic nitrogens is 1. The van der Waals surface area contributed by atoms with Crippen LogP contribution < -0.4 is 4.74 Å². The molecule has 1 fully saturated rings. The summed E-state index contributed by atoms with van der Waals surface area (Å²) in [5, 5.41) is 0.